The molecule has 170 valence electrons. The van der Waals surface area contributed by atoms with Crippen molar-refractivity contribution in [3.63, 3.8) is 0 Å². The van der Waals surface area contributed by atoms with Crippen molar-refractivity contribution in [1.29, 1.82) is 0 Å². The fraction of sp³-hybridized carbons (Fsp3) is 0.129. The van der Waals surface area contributed by atoms with E-state index in [4.69, 9.17) is 5.10 Å². The number of rotatable bonds is 2. The average Bonchev–Trinajstić information content (AvgIpc) is 2.88. The molecule has 0 aliphatic rings. The Kier molecular flexibility index (Phi) is 4.78. The van der Waals surface area contributed by atoms with Crippen molar-refractivity contribution in [2.24, 2.45) is 0 Å². The van der Waals surface area contributed by atoms with Crippen molar-refractivity contribution in [2.75, 3.05) is 14.1 Å². The summed E-state index contributed by atoms with van der Waals surface area (Å²) in [5.74, 6) is -0.0274. The minimum atomic E-state index is -0.0274. The number of benzene rings is 4. The first kappa shape index (κ1) is 21.2. The van der Waals surface area contributed by atoms with Crippen LogP contribution in [0.2, 0.25) is 0 Å². The third kappa shape index (κ3) is 3.17. The van der Waals surface area contributed by atoms with Crippen LogP contribution in [0.4, 0.5) is 0 Å². The van der Waals surface area contributed by atoms with Crippen LogP contribution in [0.25, 0.3) is 49.2 Å². The molecule has 0 unspecified atom stereocenters. The maximum atomic E-state index is 13.9. The van der Waals surface area contributed by atoms with Crippen molar-refractivity contribution in [2.45, 2.75) is 13.8 Å². The van der Waals surface area contributed by atoms with Crippen LogP contribution in [0.15, 0.2) is 84.9 Å². The molecule has 0 fully saturated rings. The van der Waals surface area contributed by atoms with Gasteiger partial charge >= 0.3 is 0 Å². The predicted molar refractivity (Wildman–Crippen MR) is 143 cm³/mol. The van der Waals surface area contributed by atoms with Gasteiger partial charge in [-0.1, -0.05) is 66.7 Å². The minimum absolute atomic E-state index is 0.0274. The molecular formula is C31H26N3O+. The van der Waals surface area contributed by atoms with E-state index in [9.17, 15) is 4.79 Å². The number of hydrogen-bond donors (Lipinski definition) is 0. The minimum Gasteiger partial charge on any atom is -0.345 e. The van der Waals surface area contributed by atoms with Gasteiger partial charge in [-0.3, -0.25) is 4.79 Å². The van der Waals surface area contributed by atoms with Gasteiger partial charge in [-0.15, -0.1) is 0 Å². The van der Waals surface area contributed by atoms with E-state index < -0.39 is 0 Å². The lowest BCUT2D eigenvalue weighted by Crippen LogP contribution is -2.33. The molecule has 2 heterocycles. The van der Waals surface area contributed by atoms with Crippen LogP contribution in [0.5, 0.6) is 0 Å². The zero-order valence-electron chi connectivity index (χ0n) is 20.3. The highest BCUT2D eigenvalue weighted by atomic mass is 16.2. The molecule has 0 bridgehead atoms. The van der Waals surface area contributed by atoms with E-state index in [1.165, 1.54) is 0 Å². The molecule has 0 saturated carbocycles. The second-order valence-electron chi connectivity index (χ2n) is 9.42. The van der Waals surface area contributed by atoms with Gasteiger partial charge < -0.3 is 4.90 Å². The average molecular weight is 457 g/mol. The summed E-state index contributed by atoms with van der Waals surface area (Å²) in [6.07, 6.45) is 0. The van der Waals surface area contributed by atoms with Crippen molar-refractivity contribution < 1.29 is 9.31 Å². The quantitative estimate of drug-likeness (QED) is 0.175. The Morgan fingerprint density at radius 1 is 0.800 bits per heavy atom. The van der Waals surface area contributed by atoms with Crippen LogP contribution < -0.4 is 4.52 Å². The molecule has 35 heavy (non-hydrogen) atoms. The van der Waals surface area contributed by atoms with E-state index in [2.05, 4.69) is 74.5 Å². The smallest absolute Gasteiger partial charge is 0.260 e. The number of carbonyl (C=O) groups excluding carboxylic acids is 1. The summed E-state index contributed by atoms with van der Waals surface area (Å²) in [6, 6.07) is 29.3. The summed E-state index contributed by atoms with van der Waals surface area (Å²) in [5, 5.41) is 9.45. The molecule has 1 amide bonds. The zero-order valence-corrected chi connectivity index (χ0v) is 20.3. The van der Waals surface area contributed by atoms with E-state index >= 15 is 0 Å². The zero-order chi connectivity index (χ0) is 24.3. The van der Waals surface area contributed by atoms with Gasteiger partial charge in [0.2, 0.25) is 5.52 Å². The Morgan fingerprint density at radius 2 is 1.51 bits per heavy atom. The predicted octanol–water partition coefficient (Wildman–Crippen LogP) is 6.27. The normalized spacial score (nSPS) is 11.5. The topological polar surface area (TPSA) is 37.3 Å². The lowest BCUT2D eigenvalue weighted by Gasteiger charge is -2.16. The maximum Gasteiger partial charge on any atom is 0.260 e. The number of pyridine rings is 1. The second kappa shape index (κ2) is 7.88. The van der Waals surface area contributed by atoms with Gasteiger partial charge in [0.1, 0.15) is 11.1 Å². The van der Waals surface area contributed by atoms with Crippen molar-refractivity contribution in [3.8, 4) is 11.1 Å². The summed E-state index contributed by atoms with van der Waals surface area (Å²) in [5.41, 5.74) is 7.64. The van der Waals surface area contributed by atoms with Crippen molar-refractivity contribution in [1.82, 2.24) is 10.00 Å². The summed E-state index contributed by atoms with van der Waals surface area (Å²) in [6.45, 7) is 4.16. The molecule has 0 aliphatic carbocycles. The summed E-state index contributed by atoms with van der Waals surface area (Å²) in [7, 11) is 3.63. The van der Waals surface area contributed by atoms with Gasteiger partial charge in [0, 0.05) is 41.6 Å². The summed E-state index contributed by atoms with van der Waals surface area (Å²) in [4.78, 5) is 15.6. The second-order valence-corrected chi connectivity index (χ2v) is 9.42. The Balaban J connectivity index is 1.96. The summed E-state index contributed by atoms with van der Waals surface area (Å²) >= 11 is 0. The molecule has 6 rings (SSSR count). The largest absolute Gasteiger partial charge is 0.345 e. The van der Waals surface area contributed by atoms with Gasteiger partial charge in [0.05, 0.1) is 10.8 Å². The SMILES string of the molecule is Cc1ccc2c3ccccc3c3c(C(=O)N(C)C)c4c(C)ccc(-c5ccccc5)c4n[n+]3c2c1. The molecule has 6 aromatic rings. The highest BCUT2D eigenvalue weighted by Crippen LogP contribution is 2.35. The molecule has 4 heteroatoms. The Labute approximate surface area is 204 Å². The third-order valence-corrected chi connectivity index (χ3v) is 6.84. The van der Waals surface area contributed by atoms with E-state index in [0.29, 0.717) is 5.56 Å². The van der Waals surface area contributed by atoms with Crippen LogP contribution in [-0.4, -0.2) is 30.0 Å². The standard InChI is InChI=1S/C31H26N3O/c1-19-14-16-24-23-12-8-9-13-25(23)30-28(31(35)33(3)4)27-20(2)15-17-22(21-10-6-5-7-11-21)29(27)32-34(30)26(24)18-19/h5-18H,1-4H3/q+1. The highest BCUT2D eigenvalue weighted by molar-refractivity contribution is 6.20. The van der Waals surface area contributed by atoms with Crippen molar-refractivity contribution in [3.05, 3.63) is 102 Å². The summed E-state index contributed by atoms with van der Waals surface area (Å²) < 4.78 is 2.00. The van der Waals surface area contributed by atoms with Crippen LogP contribution >= 0.6 is 0 Å². The Bertz CT molecular complexity index is 1800. The number of carbonyl (C=O) groups is 1. The van der Waals surface area contributed by atoms with Gasteiger partial charge in [-0.2, -0.15) is 0 Å². The molecular weight excluding hydrogens is 430 g/mol. The first-order valence-electron chi connectivity index (χ1n) is 11.8. The number of amides is 1. The van der Waals surface area contributed by atoms with Crippen LogP contribution in [0.3, 0.4) is 0 Å². The lowest BCUT2D eigenvalue weighted by atomic mass is 9.93. The molecule has 4 aromatic carbocycles. The molecule has 0 saturated heterocycles. The fourth-order valence-electron chi connectivity index (χ4n) is 5.16. The first-order valence-corrected chi connectivity index (χ1v) is 11.8. The number of hydrogen-bond acceptors (Lipinski definition) is 2. The fourth-order valence-corrected chi connectivity index (χ4v) is 5.16. The first-order chi connectivity index (χ1) is 17.0. The van der Waals surface area contributed by atoms with Crippen LogP contribution in [0.1, 0.15) is 21.5 Å². The highest BCUT2D eigenvalue weighted by Gasteiger charge is 2.30. The van der Waals surface area contributed by atoms with Gasteiger partial charge in [0.25, 0.3) is 11.4 Å². The number of aromatic nitrogens is 2. The number of aryl methyl sites for hydroxylation is 2. The van der Waals surface area contributed by atoms with Gasteiger partial charge in [-0.25, -0.2) is 0 Å². The van der Waals surface area contributed by atoms with Crippen molar-refractivity contribution >= 4 is 44.0 Å². The molecule has 0 aliphatic heterocycles. The number of nitrogens with zero attached hydrogens (tertiary/aromatic N) is 3. The van der Waals surface area contributed by atoms with Gasteiger partial charge in [0.15, 0.2) is 0 Å². The molecule has 0 spiro atoms. The van der Waals surface area contributed by atoms with E-state index in [1.807, 2.05) is 42.9 Å². The van der Waals surface area contributed by atoms with E-state index in [0.717, 1.165) is 60.3 Å². The molecule has 0 radical (unpaired) electrons. The Hall–Kier alpha value is -4.31. The molecule has 2 aromatic heterocycles. The molecule has 4 nitrogen and oxygen atoms in total. The molecule has 0 N–H and O–H groups in total. The maximum absolute atomic E-state index is 13.9. The monoisotopic (exact) mass is 456 g/mol. The molecule has 0 atom stereocenters. The van der Waals surface area contributed by atoms with E-state index in [-0.39, 0.29) is 5.91 Å². The van der Waals surface area contributed by atoms with E-state index in [1.54, 1.807) is 4.90 Å². The number of fused-ring (bicyclic) bond motifs is 7. The van der Waals surface area contributed by atoms with Crippen LogP contribution in [-0.2, 0) is 0 Å². The van der Waals surface area contributed by atoms with Crippen LogP contribution in [0, 0.1) is 13.8 Å². The Morgan fingerprint density at radius 3 is 2.26 bits per heavy atom. The van der Waals surface area contributed by atoms with Gasteiger partial charge in [-0.05, 0) is 47.2 Å². The third-order valence-electron chi connectivity index (χ3n) is 6.84. The lowest BCUT2D eigenvalue weighted by molar-refractivity contribution is -0.548.